The molecule has 0 bridgehead atoms. The minimum absolute atomic E-state index is 0.0305. The number of nitrogens with zero attached hydrogens (tertiary/aromatic N) is 2. The first-order valence-electron chi connectivity index (χ1n) is 7.26. The van der Waals surface area contributed by atoms with Crippen molar-refractivity contribution in [1.29, 1.82) is 0 Å². The summed E-state index contributed by atoms with van der Waals surface area (Å²) < 4.78 is 10.5. The number of ether oxygens (including phenoxy) is 2. The van der Waals surface area contributed by atoms with Gasteiger partial charge in [0.25, 0.3) is 5.91 Å². The summed E-state index contributed by atoms with van der Waals surface area (Å²) in [4.78, 5) is 20.2. The molecule has 0 radical (unpaired) electrons. The number of carbonyl (C=O) groups is 1. The lowest BCUT2D eigenvalue weighted by Crippen LogP contribution is -2.30. The van der Waals surface area contributed by atoms with Gasteiger partial charge in [-0.2, -0.15) is 0 Å². The number of nitrogens with one attached hydrogen (secondary N) is 2. The van der Waals surface area contributed by atoms with E-state index in [0.29, 0.717) is 28.0 Å². The Morgan fingerprint density at radius 1 is 1.12 bits per heavy atom. The van der Waals surface area contributed by atoms with Gasteiger partial charge in [-0.05, 0) is 13.8 Å². The average molecular weight is 351 g/mol. The third-order valence-electron chi connectivity index (χ3n) is 3.04. The van der Waals surface area contributed by atoms with Crippen LogP contribution in [0.3, 0.4) is 0 Å². The molecule has 24 heavy (non-hydrogen) atoms. The Hall–Kier alpha value is -2.54. The van der Waals surface area contributed by atoms with Crippen LogP contribution < -0.4 is 20.1 Å². The fraction of sp³-hybridized carbons (Fsp3) is 0.312. The summed E-state index contributed by atoms with van der Waals surface area (Å²) in [7, 11) is 3.06. The highest BCUT2D eigenvalue weighted by Crippen LogP contribution is 2.36. The molecule has 0 unspecified atom stereocenters. The first kappa shape index (κ1) is 17.8. The molecule has 0 aliphatic carbocycles. The molecule has 2 aromatic rings. The highest BCUT2D eigenvalue weighted by Gasteiger charge is 2.12. The van der Waals surface area contributed by atoms with Crippen molar-refractivity contribution >= 4 is 29.0 Å². The van der Waals surface area contributed by atoms with Gasteiger partial charge in [0.15, 0.2) is 0 Å². The molecule has 1 aromatic carbocycles. The molecule has 128 valence electrons. The van der Waals surface area contributed by atoms with Gasteiger partial charge >= 0.3 is 0 Å². The molecule has 2 N–H and O–H groups in total. The normalized spacial score (nSPS) is 10.4. The monoisotopic (exact) mass is 350 g/mol. The van der Waals surface area contributed by atoms with E-state index in [-0.39, 0.29) is 17.6 Å². The van der Waals surface area contributed by atoms with Gasteiger partial charge in [-0.3, -0.25) is 4.79 Å². The van der Waals surface area contributed by atoms with E-state index in [2.05, 4.69) is 20.6 Å². The number of benzene rings is 1. The van der Waals surface area contributed by atoms with Crippen molar-refractivity contribution in [3.05, 3.63) is 35.2 Å². The van der Waals surface area contributed by atoms with Crippen LogP contribution in [0.15, 0.2) is 24.5 Å². The number of aromatic nitrogens is 2. The topological polar surface area (TPSA) is 85.4 Å². The van der Waals surface area contributed by atoms with Crippen LogP contribution in [0, 0.1) is 0 Å². The Morgan fingerprint density at radius 3 is 2.38 bits per heavy atom. The van der Waals surface area contributed by atoms with Crippen molar-refractivity contribution in [1.82, 2.24) is 15.3 Å². The predicted molar refractivity (Wildman–Crippen MR) is 92.5 cm³/mol. The van der Waals surface area contributed by atoms with Gasteiger partial charge in [-0.15, -0.1) is 0 Å². The highest BCUT2D eigenvalue weighted by atomic mass is 35.5. The summed E-state index contributed by atoms with van der Waals surface area (Å²) in [5.74, 6) is 1.22. The van der Waals surface area contributed by atoms with Crippen molar-refractivity contribution in [3.63, 3.8) is 0 Å². The zero-order valence-electron chi connectivity index (χ0n) is 13.9. The maximum atomic E-state index is 11.9. The molecule has 2 rings (SSSR count). The van der Waals surface area contributed by atoms with Crippen LogP contribution in [0.1, 0.15) is 24.3 Å². The zero-order valence-corrected chi connectivity index (χ0v) is 14.6. The molecule has 7 nitrogen and oxygen atoms in total. The fourth-order valence-electron chi connectivity index (χ4n) is 1.94. The van der Waals surface area contributed by atoms with E-state index in [1.54, 1.807) is 12.1 Å². The molecule has 0 saturated carbocycles. The fourth-order valence-corrected chi connectivity index (χ4v) is 2.17. The summed E-state index contributed by atoms with van der Waals surface area (Å²) in [6.07, 6.45) is 2.87. The van der Waals surface area contributed by atoms with Crippen molar-refractivity contribution in [2.75, 3.05) is 19.5 Å². The van der Waals surface area contributed by atoms with Gasteiger partial charge in [0, 0.05) is 18.2 Å². The lowest BCUT2D eigenvalue weighted by atomic mass is 10.2. The van der Waals surface area contributed by atoms with Crippen molar-refractivity contribution < 1.29 is 14.3 Å². The average Bonchev–Trinajstić information content (AvgIpc) is 2.56. The molecule has 0 aliphatic rings. The van der Waals surface area contributed by atoms with Gasteiger partial charge in [0.1, 0.15) is 23.0 Å². The smallest absolute Gasteiger partial charge is 0.271 e. The Labute approximate surface area is 145 Å². The number of hydrogen-bond acceptors (Lipinski definition) is 6. The van der Waals surface area contributed by atoms with Crippen LogP contribution in [0.25, 0.3) is 0 Å². The maximum Gasteiger partial charge on any atom is 0.271 e. The largest absolute Gasteiger partial charge is 0.495 e. The highest BCUT2D eigenvalue weighted by molar-refractivity contribution is 6.32. The Bertz CT molecular complexity index is 720. The minimum atomic E-state index is -0.269. The van der Waals surface area contributed by atoms with E-state index in [1.807, 2.05) is 13.8 Å². The SMILES string of the molecule is COc1cc(Nc2cnc(C(=O)NC(C)C)cn2)c(OC)cc1Cl. The summed E-state index contributed by atoms with van der Waals surface area (Å²) in [6, 6.07) is 3.37. The van der Waals surface area contributed by atoms with Crippen LogP contribution in [-0.4, -0.2) is 36.1 Å². The molecule has 1 amide bonds. The zero-order chi connectivity index (χ0) is 17.7. The Morgan fingerprint density at radius 2 is 1.83 bits per heavy atom. The van der Waals surface area contributed by atoms with Crippen LogP contribution >= 0.6 is 11.6 Å². The standard InChI is InChI=1S/C16H19ClN4O3/c1-9(2)20-16(22)12-7-19-15(8-18-12)21-11-6-13(23-3)10(17)5-14(11)24-4/h5-9H,1-4H3,(H,19,21)(H,20,22). The number of carbonyl (C=O) groups excluding carboxylic acids is 1. The van der Waals surface area contributed by atoms with Crippen molar-refractivity contribution in [2.24, 2.45) is 0 Å². The Balaban J connectivity index is 2.21. The van der Waals surface area contributed by atoms with E-state index >= 15 is 0 Å². The van der Waals surface area contributed by atoms with E-state index in [1.165, 1.54) is 26.6 Å². The summed E-state index contributed by atoms with van der Waals surface area (Å²) >= 11 is 6.08. The van der Waals surface area contributed by atoms with Crippen molar-refractivity contribution in [2.45, 2.75) is 19.9 Å². The second-order valence-corrected chi connectivity index (χ2v) is 5.63. The quantitative estimate of drug-likeness (QED) is 0.833. The number of rotatable bonds is 6. The lowest BCUT2D eigenvalue weighted by Gasteiger charge is -2.13. The number of methoxy groups -OCH3 is 2. The first-order chi connectivity index (χ1) is 11.4. The second kappa shape index (κ2) is 7.83. The Kier molecular flexibility index (Phi) is 5.81. The molecule has 0 saturated heterocycles. The van der Waals surface area contributed by atoms with E-state index < -0.39 is 0 Å². The van der Waals surface area contributed by atoms with E-state index in [0.717, 1.165) is 0 Å². The molecule has 0 atom stereocenters. The van der Waals surface area contributed by atoms with Crippen molar-refractivity contribution in [3.8, 4) is 11.5 Å². The van der Waals surface area contributed by atoms with Gasteiger partial charge in [-0.25, -0.2) is 9.97 Å². The minimum Gasteiger partial charge on any atom is -0.495 e. The molecule has 0 spiro atoms. The summed E-state index contributed by atoms with van der Waals surface area (Å²) in [5.41, 5.74) is 0.863. The molecule has 0 aliphatic heterocycles. The number of halogens is 1. The van der Waals surface area contributed by atoms with E-state index in [4.69, 9.17) is 21.1 Å². The number of anilines is 2. The van der Waals surface area contributed by atoms with Crippen LogP contribution in [-0.2, 0) is 0 Å². The van der Waals surface area contributed by atoms with Crippen LogP contribution in [0.2, 0.25) is 5.02 Å². The summed E-state index contributed by atoms with van der Waals surface area (Å²) in [6.45, 7) is 3.75. The second-order valence-electron chi connectivity index (χ2n) is 5.23. The number of hydrogen-bond donors (Lipinski definition) is 2. The molecule has 1 aromatic heterocycles. The lowest BCUT2D eigenvalue weighted by molar-refractivity contribution is 0.0937. The molecular formula is C16H19ClN4O3. The van der Waals surface area contributed by atoms with E-state index in [9.17, 15) is 4.79 Å². The van der Waals surface area contributed by atoms with Gasteiger partial charge in [0.2, 0.25) is 0 Å². The molecule has 0 fully saturated rings. The molecule has 1 heterocycles. The van der Waals surface area contributed by atoms with Gasteiger partial charge < -0.3 is 20.1 Å². The third-order valence-corrected chi connectivity index (χ3v) is 3.34. The number of amides is 1. The summed E-state index contributed by atoms with van der Waals surface area (Å²) in [5, 5.41) is 6.25. The third kappa shape index (κ3) is 4.26. The van der Waals surface area contributed by atoms with Crippen LogP contribution in [0.4, 0.5) is 11.5 Å². The van der Waals surface area contributed by atoms with Gasteiger partial charge in [0.05, 0.1) is 37.3 Å². The van der Waals surface area contributed by atoms with Gasteiger partial charge in [-0.1, -0.05) is 11.6 Å². The maximum absolute atomic E-state index is 11.9. The predicted octanol–water partition coefficient (Wildman–Crippen LogP) is 3.03. The van der Waals surface area contributed by atoms with Crippen LogP contribution in [0.5, 0.6) is 11.5 Å². The first-order valence-corrected chi connectivity index (χ1v) is 7.63. The molecule has 8 heteroatoms. The molecular weight excluding hydrogens is 332 g/mol.